The van der Waals surface area contributed by atoms with Gasteiger partial charge in [0.2, 0.25) is 0 Å². The molecule has 1 fully saturated rings. The molecule has 0 radical (unpaired) electrons. The van der Waals surface area contributed by atoms with Crippen LogP contribution in [0.1, 0.15) is 11.3 Å². The zero-order chi connectivity index (χ0) is 19.8. The van der Waals surface area contributed by atoms with Gasteiger partial charge in [0.25, 0.3) is 11.8 Å². The molecule has 0 saturated carbocycles. The fourth-order valence-corrected chi connectivity index (χ4v) is 3.96. The highest BCUT2D eigenvalue weighted by atomic mass is 32.1. The Morgan fingerprint density at radius 1 is 1.29 bits per heavy atom. The number of rotatable bonds is 4. The maximum absolute atomic E-state index is 12.9. The Hall–Kier alpha value is -3.10. The molecular weight excluding hydrogens is 392 g/mol. The van der Waals surface area contributed by atoms with Crippen molar-refractivity contribution >= 4 is 51.5 Å². The van der Waals surface area contributed by atoms with Crippen LogP contribution in [0.25, 0.3) is 22.3 Å². The molecule has 1 aliphatic rings. The van der Waals surface area contributed by atoms with Crippen LogP contribution in [0.4, 0.5) is 0 Å². The van der Waals surface area contributed by atoms with Crippen molar-refractivity contribution in [2.75, 3.05) is 6.54 Å². The number of fused-ring (bicyclic) bond motifs is 1. The number of amides is 2. The second-order valence-electron chi connectivity index (χ2n) is 6.29. The molecule has 28 heavy (non-hydrogen) atoms. The molecule has 3 aromatic rings. The number of benzene rings is 1. The molecule has 4 rings (SSSR count). The molecule has 0 spiro atoms. The quantitative estimate of drug-likeness (QED) is 0.312. The van der Waals surface area contributed by atoms with Crippen molar-refractivity contribution in [1.29, 1.82) is 0 Å². The minimum atomic E-state index is -0.518. The van der Waals surface area contributed by atoms with Crippen molar-refractivity contribution in [2.24, 2.45) is 0 Å². The van der Waals surface area contributed by atoms with Gasteiger partial charge in [-0.3, -0.25) is 24.2 Å². The van der Waals surface area contributed by atoms with E-state index in [0.717, 1.165) is 16.1 Å². The predicted molar refractivity (Wildman–Crippen MR) is 114 cm³/mol. The fourth-order valence-electron chi connectivity index (χ4n) is 2.99. The number of hydrogen-bond donors (Lipinski definition) is 1. The van der Waals surface area contributed by atoms with Gasteiger partial charge in [-0.25, -0.2) is 4.98 Å². The van der Waals surface area contributed by atoms with Crippen molar-refractivity contribution in [3.8, 4) is 11.3 Å². The largest absolute Gasteiger partial charge is 0.298 e. The summed E-state index contributed by atoms with van der Waals surface area (Å²) in [4.78, 5) is 32.1. The topological polar surface area (TPSA) is 66.7 Å². The van der Waals surface area contributed by atoms with Gasteiger partial charge in [-0.05, 0) is 25.2 Å². The maximum atomic E-state index is 12.9. The minimum Gasteiger partial charge on any atom is -0.298 e. The van der Waals surface area contributed by atoms with Crippen molar-refractivity contribution < 1.29 is 9.59 Å². The summed E-state index contributed by atoms with van der Waals surface area (Å²) in [5.74, 6) is -0.968. The van der Waals surface area contributed by atoms with Crippen LogP contribution in [-0.2, 0) is 9.59 Å². The average Bonchev–Trinajstić information content (AvgIpc) is 3.25. The van der Waals surface area contributed by atoms with Crippen LogP contribution >= 0.6 is 23.6 Å². The van der Waals surface area contributed by atoms with Crippen LogP contribution in [-0.4, -0.2) is 37.8 Å². The van der Waals surface area contributed by atoms with Crippen molar-refractivity contribution in [2.45, 2.75) is 6.92 Å². The molecule has 1 N–H and O–H groups in total. The number of thiazole rings is 1. The second-order valence-corrected chi connectivity index (χ2v) is 7.55. The standard InChI is InChI=1S/C20H16N4O2S2/c1-3-8-24-18(26)14(17(25)22-19(24)27)11-15-16(13-6-4-12(2)5-7-13)21-20-23(15)9-10-28-20/h3-7,9-11H,1,8H2,2H3,(H,22,25,27)/b14-11+. The van der Waals surface area contributed by atoms with E-state index in [1.165, 1.54) is 16.2 Å². The molecular formula is C20H16N4O2S2. The molecule has 6 nitrogen and oxygen atoms in total. The van der Waals surface area contributed by atoms with Gasteiger partial charge >= 0.3 is 0 Å². The number of carbonyl (C=O) groups excluding carboxylic acids is 2. The van der Waals surface area contributed by atoms with Crippen molar-refractivity contribution in [3.63, 3.8) is 0 Å². The smallest absolute Gasteiger partial charge is 0.266 e. The van der Waals surface area contributed by atoms with E-state index in [4.69, 9.17) is 17.2 Å². The van der Waals surface area contributed by atoms with Crippen LogP contribution in [0.2, 0.25) is 0 Å². The number of nitrogens with zero attached hydrogens (tertiary/aromatic N) is 3. The zero-order valence-corrected chi connectivity index (χ0v) is 16.6. The summed E-state index contributed by atoms with van der Waals surface area (Å²) in [6.07, 6.45) is 5.01. The molecule has 1 aromatic carbocycles. The van der Waals surface area contributed by atoms with Crippen LogP contribution in [0.15, 0.2) is 54.1 Å². The molecule has 1 aliphatic heterocycles. The Labute approximate surface area is 170 Å². The summed E-state index contributed by atoms with van der Waals surface area (Å²) >= 11 is 6.59. The third-order valence-electron chi connectivity index (χ3n) is 4.40. The Kier molecular flexibility index (Phi) is 4.66. The Morgan fingerprint density at radius 3 is 2.75 bits per heavy atom. The Balaban J connectivity index is 1.87. The van der Waals surface area contributed by atoms with Gasteiger partial charge in [-0.2, -0.15) is 0 Å². The molecule has 0 aliphatic carbocycles. The minimum absolute atomic E-state index is 0.0109. The number of thiocarbonyl (C=S) groups is 1. The van der Waals surface area contributed by atoms with E-state index in [9.17, 15) is 9.59 Å². The van der Waals surface area contributed by atoms with Crippen LogP contribution in [0.5, 0.6) is 0 Å². The maximum Gasteiger partial charge on any atom is 0.266 e. The number of imidazole rings is 1. The lowest BCUT2D eigenvalue weighted by atomic mass is 10.1. The zero-order valence-electron chi connectivity index (χ0n) is 15.0. The van der Waals surface area contributed by atoms with Gasteiger partial charge in [0.15, 0.2) is 10.1 Å². The number of nitrogens with one attached hydrogen (secondary N) is 1. The Morgan fingerprint density at radius 2 is 2.04 bits per heavy atom. The van der Waals surface area contributed by atoms with Crippen LogP contribution in [0, 0.1) is 6.92 Å². The molecule has 1 saturated heterocycles. The highest BCUT2D eigenvalue weighted by molar-refractivity contribution is 7.80. The van der Waals surface area contributed by atoms with E-state index in [2.05, 4.69) is 11.9 Å². The molecule has 2 amide bonds. The summed E-state index contributed by atoms with van der Waals surface area (Å²) in [7, 11) is 0. The number of carbonyl (C=O) groups is 2. The van der Waals surface area contributed by atoms with Crippen LogP contribution in [0.3, 0.4) is 0 Å². The number of aryl methyl sites for hydroxylation is 1. The van der Waals surface area contributed by atoms with Gasteiger partial charge in [0.1, 0.15) is 5.57 Å². The van der Waals surface area contributed by atoms with Crippen molar-refractivity contribution in [3.05, 3.63) is 65.3 Å². The first-order chi connectivity index (χ1) is 13.5. The molecule has 2 aromatic heterocycles. The first-order valence-electron chi connectivity index (χ1n) is 8.52. The SMILES string of the molecule is C=CCN1C(=O)/C(=C/c2c(-c3ccc(C)cc3)nc3sccn23)C(=O)NC1=S. The molecule has 0 unspecified atom stereocenters. The summed E-state index contributed by atoms with van der Waals surface area (Å²) in [5.41, 5.74) is 3.45. The molecule has 3 heterocycles. The third-order valence-corrected chi connectivity index (χ3v) is 5.48. The van der Waals surface area contributed by atoms with Crippen LogP contribution < -0.4 is 5.32 Å². The van der Waals surface area contributed by atoms with Gasteiger partial charge < -0.3 is 0 Å². The van der Waals surface area contributed by atoms with E-state index in [0.29, 0.717) is 11.4 Å². The summed E-state index contributed by atoms with van der Waals surface area (Å²) in [6.45, 7) is 5.88. The normalized spacial score (nSPS) is 16.1. The lowest BCUT2D eigenvalue weighted by Crippen LogP contribution is -2.53. The first-order valence-corrected chi connectivity index (χ1v) is 9.80. The predicted octanol–water partition coefficient (Wildman–Crippen LogP) is 3.18. The summed E-state index contributed by atoms with van der Waals surface area (Å²) in [6, 6.07) is 7.96. The van der Waals surface area contributed by atoms with Gasteiger partial charge in [0, 0.05) is 23.7 Å². The lowest BCUT2D eigenvalue weighted by Gasteiger charge is -2.27. The molecule has 8 heteroatoms. The molecule has 0 bridgehead atoms. The number of hydrogen-bond acceptors (Lipinski definition) is 5. The van der Waals surface area contributed by atoms with Gasteiger partial charge in [0.05, 0.1) is 11.4 Å². The first kappa shape index (κ1) is 18.3. The van der Waals surface area contributed by atoms with Gasteiger partial charge in [-0.1, -0.05) is 35.9 Å². The van der Waals surface area contributed by atoms with E-state index in [1.54, 1.807) is 12.2 Å². The second kappa shape index (κ2) is 7.14. The summed E-state index contributed by atoms with van der Waals surface area (Å²) in [5, 5.41) is 4.56. The average molecular weight is 409 g/mol. The molecule has 0 atom stereocenters. The van der Waals surface area contributed by atoms with E-state index < -0.39 is 11.8 Å². The van der Waals surface area contributed by atoms with Gasteiger partial charge in [-0.15, -0.1) is 17.9 Å². The van der Waals surface area contributed by atoms with E-state index in [-0.39, 0.29) is 17.2 Å². The summed E-state index contributed by atoms with van der Waals surface area (Å²) < 4.78 is 1.87. The number of aromatic nitrogens is 2. The highest BCUT2D eigenvalue weighted by Gasteiger charge is 2.33. The van der Waals surface area contributed by atoms with E-state index >= 15 is 0 Å². The monoisotopic (exact) mass is 408 g/mol. The Bertz CT molecular complexity index is 1150. The van der Waals surface area contributed by atoms with E-state index in [1.807, 2.05) is 47.2 Å². The third kappa shape index (κ3) is 3.06. The fraction of sp³-hybridized carbons (Fsp3) is 0.100. The highest BCUT2D eigenvalue weighted by Crippen LogP contribution is 2.29. The molecule has 140 valence electrons. The lowest BCUT2D eigenvalue weighted by molar-refractivity contribution is -0.128. The van der Waals surface area contributed by atoms with Crippen molar-refractivity contribution in [1.82, 2.24) is 19.6 Å².